The van der Waals surface area contributed by atoms with Crippen molar-refractivity contribution in [3.05, 3.63) is 0 Å². The summed E-state index contributed by atoms with van der Waals surface area (Å²) in [6, 6.07) is 0. The molecule has 86 valence electrons. The molecule has 0 saturated heterocycles. The molecule has 0 aromatic rings. The standard InChI is InChI=1S/C7H18NO2.C2H4O2/c1-8(2,5-7-10)4-3-6-9;1-2(3)4/h9-10H,3-7H2,1-2H3;1H3,(H,3,4)/q+1;/p-1. The summed E-state index contributed by atoms with van der Waals surface area (Å²) < 4.78 is 0.789. The fourth-order valence-corrected chi connectivity index (χ4v) is 0.881. The van der Waals surface area contributed by atoms with Gasteiger partial charge in [0.2, 0.25) is 0 Å². The van der Waals surface area contributed by atoms with Gasteiger partial charge in [0, 0.05) is 19.0 Å². The topological polar surface area (TPSA) is 80.6 Å². The lowest BCUT2D eigenvalue weighted by Crippen LogP contribution is -2.42. The van der Waals surface area contributed by atoms with Gasteiger partial charge < -0.3 is 24.6 Å². The van der Waals surface area contributed by atoms with E-state index in [0.717, 1.165) is 30.9 Å². The van der Waals surface area contributed by atoms with Crippen LogP contribution in [0.5, 0.6) is 0 Å². The third kappa shape index (κ3) is 17.4. The number of quaternary nitrogens is 1. The van der Waals surface area contributed by atoms with Crippen LogP contribution >= 0.6 is 0 Å². The second-order valence-electron chi connectivity index (χ2n) is 3.68. The fraction of sp³-hybridized carbons (Fsp3) is 0.889. The number of hydrogen-bond donors (Lipinski definition) is 2. The Bertz CT molecular complexity index is 144. The van der Waals surface area contributed by atoms with Gasteiger partial charge >= 0.3 is 0 Å². The number of carboxylic acid groups (broad SMARTS) is 1. The molecule has 0 aromatic carbocycles. The second kappa shape index (κ2) is 8.93. The monoisotopic (exact) mass is 207 g/mol. The molecule has 0 unspecified atom stereocenters. The van der Waals surface area contributed by atoms with E-state index in [-0.39, 0.29) is 13.2 Å². The summed E-state index contributed by atoms with van der Waals surface area (Å²) in [5.74, 6) is -1.08. The van der Waals surface area contributed by atoms with Crippen LogP contribution in [0.15, 0.2) is 0 Å². The zero-order valence-electron chi connectivity index (χ0n) is 9.19. The van der Waals surface area contributed by atoms with E-state index < -0.39 is 5.97 Å². The molecule has 14 heavy (non-hydrogen) atoms. The molecule has 0 aliphatic rings. The molecule has 0 heterocycles. The number of carbonyl (C=O) groups excluding carboxylic acids is 1. The van der Waals surface area contributed by atoms with E-state index in [1.54, 1.807) is 0 Å². The summed E-state index contributed by atoms with van der Waals surface area (Å²) in [5.41, 5.74) is 0. The van der Waals surface area contributed by atoms with E-state index in [9.17, 15) is 0 Å². The molecule has 0 rings (SSSR count). The minimum absolute atomic E-state index is 0.221. The second-order valence-corrected chi connectivity index (χ2v) is 3.68. The largest absolute Gasteiger partial charge is 0.550 e. The van der Waals surface area contributed by atoms with E-state index in [2.05, 4.69) is 0 Å². The van der Waals surface area contributed by atoms with E-state index in [1.807, 2.05) is 14.1 Å². The number of carbonyl (C=O) groups is 1. The summed E-state index contributed by atoms with van der Waals surface area (Å²) in [5, 5.41) is 26.0. The number of carboxylic acids is 1. The first kappa shape index (κ1) is 15.8. The molecule has 0 radical (unpaired) electrons. The molecule has 2 N–H and O–H groups in total. The molecule has 0 spiro atoms. The molecule has 0 aliphatic heterocycles. The normalized spacial score (nSPS) is 10.4. The number of nitrogens with zero attached hydrogens (tertiary/aromatic N) is 1. The van der Waals surface area contributed by atoms with Crippen molar-refractivity contribution in [2.24, 2.45) is 0 Å². The molecular formula is C9H21NO4. The van der Waals surface area contributed by atoms with Crippen molar-refractivity contribution >= 4 is 5.97 Å². The third-order valence-electron chi connectivity index (χ3n) is 1.63. The van der Waals surface area contributed by atoms with Crippen molar-refractivity contribution in [3.8, 4) is 0 Å². The maximum atomic E-state index is 8.89. The molecule has 0 aromatic heterocycles. The Morgan fingerprint density at radius 1 is 1.21 bits per heavy atom. The highest BCUT2D eigenvalue weighted by atomic mass is 16.4. The van der Waals surface area contributed by atoms with Gasteiger partial charge in [0.25, 0.3) is 0 Å². The quantitative estimate of drug-likeness (QED) is 0.521. The lowest BCUT2D eigenvalue weighted by Gasteiger charge is -2.28. The molecule has 0 atom stereocenters. The van der Waals surface area contributed by atoms with Crippen molar-refractivity contribution in [1.82, 2.24) is 0 Å². The van der Waals surface area contributed by atoms with Crippen LogP contribution in [0.4, 0.5) is 0 Å². The Labute approximate surface area is 85.2 Å². The highest BCUT2D eigenvalue weighted by Gasteiger charge is 2.11. The van der Waals surface area contributed by atoms with Gasteiger partial charge in [-0.15, -0.1) is 0 Å². The van der Waals surface area contributed by atoms with E-state index in [0.29, 0.717) is 0 Å². The van der Waals surface area contributed by atoms with Gasteiger partial charge in [-0.05, 0) is 6.92 Å². The number of rotatable bonds is 5. The van der Waals surface area contributed by atoms with Gasteiger partial charge in [-0.3, -0.25) is 0 Å². The summed E-state index contributed by atoms with van der Waals surface area (Å²) in [6.45, 7) is 3.13. The third-order valence-corrected chi connectivity index (χ3v) is 1.63. The minimum Gasteiger partial charge on any atom is -0.550 e. The Hall–Kier alpha value is -0.650. The predicted molar refractivity (Wildman–Crippen MR) is 51.3 cm³/mol. The first-order valence-corrected chi connectivity index (χ1v) is 4.57. The zero-order chi connectivity index (χ0) is 11.6. The molecule has 0 aliphatic carbocycles. The van der Waals surface area contributed by atoms with Gasteiger partial charge in [-0.1, -0.05) is 0 Å². The number of aliphatic hydroxyl groups excluding tert-OH is 2. The average Bonchev–Trinajstić information content (AvgIpc) is 2.00. The van der Waals surface area contributed by atoms with Crippen LogP contribution in [-0.2, 0) is 4.79 Å². The molecule has 5 heteroatoms. The molecule has 5 nitrogen and oxygen atoms in total. The van der Waals surface area contributed by atoms with Crippen molar-refractivity contribution in [1.29, 1.82) is 0 Å². The van der Waals surface area contributed by atoms with Gasteiger partial charge in [0.1, 0.15) is 6.54 Å². The minimum atomic E-state index is -1.08. The maximum absolute atomic E-state index is 8.89. The molecule has 0 amide bonds. The van der Waals surface area contributed by atoms with E-state index in [1.165, 1.54) is 0 Å². The Balaban J connectivity index is 0. The Morgan fingerprint density at radius 2 is 1.64 bits per heavy atom. The summed E-state index contributed by atoms with van der Waals surface area (Å²) in [4.78, 5) is 8.89. The highest BCUT2D eigenvalue weighted by Crippen LogP contribution is 1.96. The number of aliphatic hydroxyl groups is 2. The lowest BCUT2D eigenvalue weighted by molar-refractivity contribution is -0.890. The number of likely N-dealkylation sites (N-methyl/N-ethyl adjacent to an activating group) is 1. The predicted octanol–water partition coefficient (Wildman–Crippen LogP) is -1.81. The van der Waals surface area contributed by atoms with Crippen molar-refractivity contribution in [2.75, 3.05) is 40.4 Å². The Kier molecular flexibility index (Phi) is 10.1. The maximum Gasteiger partial charge on any atom is 0.102 e. The van der Waals surface area contributed by atoms with Crippen molar-refractivity contribution in [3.63, 3.8) is 0 Å². The first-order valence-electron chi connectivity index (χ1n) is 4.57. The number of aliphatic carboxylic acids is 1. The van der Waals surface area contributed by atoms with E-state index in [4.69, 9.17) is 20.1 Å². The van der Waals surface area contributed by atoms with Crippen LogP contribution in [0, 0.1) is 0 Å². The molecule has 0 fully saturated rings. The van der Waals surface area contributed by atoms with Crippen LogP contribution in [0.25, 0.3) is 0 Å². The van der Waals surface area contributed by atoms with Crippen molar-refractivity contribution < 1.29 is 24.6 Å². The van der Waals surface area contributed by atoms with Gasteiger partial charge in [-0.25, -0.2) is 0 Å². The summed E-state index contributed by atoms with van der Waals surface area (Å²) >= 11 is 0. The molecular weight excluding hydrogens is 186 g/mol. The van der Waals surface area contributed by atoms with Gasteiger partial charge in [0.05, 0.1) is 27.2 Å². The van der Waals surface area contributed by atoms with Gasteiger partial charge in [0.15, 0.2) is 0 Å². The van der Waals surface area contributed by atoms with Crippen LogP contribution in [0.1, 0.15) is 13.3 Å². The van der Waals surface area contributed by atoms with Crippen molar-refractivity contribution in [2.45, 2.75) is 13.3 Å². The molecule has 0 saturated carbocycles. The van der Waals surface area contributed by atoms with Gasteiger partial charge in [-0.2, -0.15) is 0 Å². The first-order chi connectivity index (χ1) is 6.35. The van der Waals surface area contributed by atoms with Crippen LogP contribution in [0.3, 0.4) is 0 Å². The Morgan fingerprint density at radius 3 is 1.93 bits per heavy atom. The van der Waals surface area contributed by atoms with Crippen LogP contribution in [0.2, 0.25) is 0 Å². The zero-order valence-corrected chi connectivity index (χ0v) is 9.19. The molecule has 0 bridgehead atoms. The fourth-order valence-electron chi connectivity index (χ4n) is 0.881. The van der Waals surface area contributed by atoms with E-state index >= 15 is 0 Å². The SMILES string of the molecule is CC(=O)[O-].C[N+](C)(CCO)CCCO. The summed E-state index contributed by atoms with van der Waals surface area (Å²) in [7, 11) is 4.10. The smallest absolute Gasteiger partial charge is 0.102 e. The summed E-state index contributed by atoms with van der Waals surface area (Å²) in [6.07, 6.45) is 0.812. The average molecular weight is 207 g/mol. The van der Waals surface area contributed by atoms with Crippen LogP contribution < -0.4 is 5.11 Å². The highest BCUT2D eigenvalue weighted by molar-refractivity contribution is 5.60. The number of hydrogen-bond acceptors (Lipinski definition) is 4. The van der Waals surface area contributed by atoms with Crippen LogP contribution in [-0.4, -0.2) is 61.1 Å². The lowest BCUT2D eigenvalue weighted by atomic mass is 10.3.